The average Bonchev–Trinajstić information content (AvgIpc) is 3.21. The Morgan fingerprint density at radius 3 is 2.56 bits per heavy atom. The molecule has 162 valence electrons. The lowest BCUT2D eigenvalue weighted by Crippen LogP contribution is -2.33. The van der Waals surface area contributed by atoms with E-state index in [4.69, 9.17) is 11.6 Å². The first-order valence-electron chi connectivity index (χ1n) is 10.1. The molecule has 32 heavy (non-hydrogen) atoms. The number of rotatable bonds is 6. The molecule has 1 amide bonds. The molecule has 0 spiro atoms. The van der Waals surface area contributed by atoms with Crippen LogP contribution in [0.25, 0.3) is 16.9 Å². The van der Waals surface area contributed by atoms with E-state index in [1.165, 1.54) is 10.7 Å². The molecule has 0 fully saturated rings. The lowest BCUT2D eigenvalue weighted by Gasteiger charge is -2.12. The summed E-state index contributed by atoms with van der Waals surface area (Å²) in [5.41, 5.74) is 3.71. The molecule has 0 saturated heterocycles. The summed E-state index contributed by atoms with van der Waals surface area (Å²) in [5, 5.41) is 10.6. The topological polar surface area (TPSA) is 76.9 Å². The van der Waals surface area contributed by atoms with E-state index in [0.29, 0.717) is 29.4 Å². The van der Waals surface area contributed by atoms with Crippen molar-refractivity contribution in [2.24, 2.45) is 0 Å². The number of hydrogen-bond donors (Lipinski definition) is 1. The third kappa shape index (κ3) is 4.79. The van der Waals surface area contributed by atoms with E-state index in [2.05, 4.69) is 15.4 Å². The molecule has 4 rings (SSSR count). The smallest absolute Gasteiger partial charge is 0.275 e. The first-order chi connectivity index (χ1) is 15.4. The second kappa shape index (κ2) is 9.46. The molecule has 0 aliphatic rings. The number of halogens is 1. The van der Waals surface area contributed by atoms with Crippen LogP contribution in [0.4, 0.5) is 0 Å². The van der Waals surface area contributed by atoms with Crippen LogP contribution in [0.15, 0.2) is 64.8 Å². The minimum Gasteiger partial charge on any atom is -0.350 e. The van der Waals surface area contributed by atoms with E-state index in [1.807, 2.05) is 48.7 Å². The van der Waals surface area contributed by atoms with E-state index in [9.17, 15) is 9.59 Å². The summed E-state index contributed by atoms with van der Waals surface area (Å²) in [5.74, 6) is -0.509. The number of aryl methyl sites for hydroxylation is 2. The molecular weight excluding hydrogens is 444 g/mol. The van der Waals surface area contributed by atoms with Crippen molar-refractivity contribution in [3.8, 4) is 16.9 Å². The van der Waals surface area contributed by atoms with Crippen molar-refractivity contribution in [2.75, 3.05) is 6.54 Å². The predicted molar refractivity (Wildman–Crippen MR) is 128 cm³/mol. The summed E-state index contributed by atoms with van der Waals surface area (Å²) < 4.78 is 1.51. The number of carbonyl (C=O) groups excluding carboxylic acids is 1. The Morgan fingerprint density at radius 2 is 1.88 bits per heavy atom. The fraction of sp³-hybridized carbons (Fsp3) is 0.167. The van der Waals surface area contributed by atoms with Crippen LogP contribution in [0, 0.1) is 13.8 Å². The van der Waals surface area contributed by atoms with Gasteiger partial charge in [-0.2, -0.15) is 5.10 Å². The molecule has 2 heterocycles. The zero-order valence-corrected chi connectivity index (χ0v) is 19.2. The summed E-state index contributed by atoms with van der Waals surface area (Å²) in [6.07, 6.45) is 0.632. The molecule has 0 aliphatic carbocycles. The van der Waals surface area contributed by atoms with E-state index < -0.39 is 11.3 Å². The van der Waals surface area contributed by atoms with Gasteiger partial charge in [0.2, 0.25) is 5.43 Å². The van der Waals surface area contributed by atoms with Crippen LogP contribution in [-0.4, -0.2) is 27.2 Å². The van der Waals surface area contributed by atoms with Gasteiger partial charge in [0.1, 0.15) is 0 Å². The molecule has 2 aromatic heterocycles. The first-order valence-corrected chi connectivity index (χ1v) is 11.3. The van der Waals surface area contributed by atoms with Crippen LogP contribution in [0.1, 0.15) is 26.8 Å². The quantitative estimate of drug-likeness (QED) is 0.452. The number of aromatic nitrogens is 3. The zero-order valence-electron chi connectivity index (χ0n) is 17.6. The second-order valence-electron chi connectivity index (χ2n) is 7.32. The molecule has 0 aliphatic heterocycles. The fourth-order valence-corrected chi connectivity index (χ4v) is 4.15. The molecule has 0 atom stereocenters. The van der Waals surface area contributed by atoms with E-state index >= 15 is 0 Å². The van der Waals surface area contributed by atoms with Gasteiger partial charge in [0.05, 0.1) is 21.4 Å². The van der Waals surface area contributed by atoms with Crippen molar-refractivity contribution in [2.45, 2.75) is 20.3 Å². The Balaban J connectivity index is 1.44. The van der Waals surface area contributed by atoms with Crippen LogP contribution in [0.5, 0.6) is 0 Å². The van der Waals surface area contributed by atoms with E-state index in [1.54, 1.807) is 30.4 Å². The number of amides is 1. The molecule has 0 saturated carbocycles. The summed E-state index contributed by atoms with van der Waals surface area (Å²) in [6, 6.07) is 16.6. The lowest BCUT2D eigenvalue weighted by molar-refractivity contribution is 0.0946. The summed E-state index contributed by atoms with van der Waals surface area (Å²) in [4.78, 5) is 29.5. The normalized spacial score (nSPS) is 10.8. The maximum Gasteiger partial charge on any atom is 0.275 e. The monoisotopic (exact) mass is 464 g/mol. The van der Waals surface area contributed by atoms with Gasteiger partial charge in [-0.05, 0) is 38.0 Å². The second-order valence-corrected chi connectivity index (χ2v) is 8.79. The highest BCUT2D eigenvalue weighted by molar-refractivity contribution is 7.09. The summed E-state index contributed by atoms with van der Waals surface area (Å²) in [7, 11) is 0. The first kappa shape index (κ1) is 21.9. The van der Waals surface area contributed by atoms with Crippen molar-refractivity contribution < 1.29 is 4.79 Å². The molecule has 6 nitrogen and oxygen atoms in total. The van der Waals surface area contributed by atoms with Crippen molar-refractivity contribution >= 4 is 28.8 Å². The van der Waals surface area contributed by atoms with Gasteiger partial charge in [-0.3, -0.25) is 9.59 Å². The van der Waals surface area contributed by atoms with Crippen LogP contribution >= 0.6 is 22.9 Å². The minimum absolute atomic E-state index is 0.162. The molecule has 0 unspecified atom stereocenters. The van der Waals surface area contributed by atoms with Gasteiger partial charge in [0.15, 0.2) is 5.69 Å². The SMILES string of the molecule is Cc1nc(-c2ccc(CCNC(=O)c3nn(-c4ccccc4Cl)c(C)cc3=O)cc2)cs1. The van der Waals surface area contributed by atoms with Crippen LogP contribution in [-0.2, 0) is 6.42 Å². The van der Waals surface area contributed by atoms with Gasteiger partial charge in [-0.15, -0.1) is 11.3 Å². The molecule has 0 bridgehead atoms. The van der Waals surface area contributed by atoms with Crippen molar-refractivity contribution in [1.29, 1.82) is 0 Å². The van der Waals surface area contributed by atoms with Gasteiger partial charge in [0, 0.05) is 29.2 Å². The highest BCUT2D eigenvalue weighted by Crippen LogP contribution is 2.22. The lowest BCUT2D eigenvalue weighted by atomic mass is 10.1. The number of nitrogens with zero attached hydrogens (tertiary/aromatic N) is 3. The van der Waals surface area contributed by atoms with Gasteiger partial charge < -0.3 is 5.32 Å². The molecule has 1 N–H and O–H groups in total. The molecular formula is C24H21ClN4O2S. The summed E-state index contributed by atoms with van der Waals surface area (Å²) >= 11 is 7.88. The summed E-state index contributed by atoms with van der Waals surface area (Å²) in [6.45, 7) is 4.11. The van der Waals surface area contributed by atoms with Gasteiger partial charge in [-0.25, -0.2) is 9.67 Å². The average molecular weight is 465 g/mol. The van der Waals surface area contributed by atoms with E-state index in [-0.39, 0.29) is 5.69 Å². The molecule has 4 aromatic rings. The maximum atomic E-state index is 12.6. The third-order valence-electron chi connectivity index (χ3n) is 4.97. The largest absolute Gasteiger partial charge is 0.350 e. The van der Waals surface area contributed by atoms with Gasteiger partial charge >= 0.3 is 0 Å². The maximum absolute atomic E-state index is 12.6. The number of hydrogen-bond acceptors (Lipinski definition) is 5. The minimum atomic E-state index is -0.509. The van der Waals surface area contributed by atoms with Crippen LogP contribution in [0.3, 0.4) is 0 Å². The molecule has 8 heteroatoms. The molecule has 0 radical (unpaired) electrons. The van der Waals surface area contributed by atoms with Gasteiger partial charge in [0.25, 0.3) is 5.91 Å². The Hall–Kier alpha value is -3.29. The number of thiazole rings is 1. The highest BCUT2D eigenvalue weighted by Gasteiger charge is 2.16. The van der Waals surface area contributed by atoms with Crippen LogP contribution in [0.2, 0.25) is 5.02 Å². The number of benzene rings is 2. The number of carbonyl (C=O) groups is 1. The Kier molecular flexibility index (Phi) is 6.48. The van der Waals surface area contributed by atoms with Crippen molar-refractivity contribution in [1.82, 2.24) is 20.1 Å². The fourth-order valence-electron chi connectivity index (χ4n) is 3.31. The van der Waals surface area contributed by atoms with Crippen molar-refractivity contribution in [3.63, 3.8) is 0 Å². The Morgan fingerprint density at radius 1 is 1.12 bits per heavy atom. The highest BCUT2D eigenvalue weighted by atomic mass is 35.5. The van der Waals surface area contributed by atoms with E-state index in [0.717, 1.165) is 21.8 Å². The standard InChI is InChI=1S/C24H21ClN4O2S/c1-15-13-22(30)23(28-29(15)21-6-4-3-5-19(21)25)24(31)26-12-11-17-7-9-18(10-8-17)20-14-32-16(2)27-20/h3-10,13-14H,11-12H2,1-2H3,(H,26,31). The Labute approximate surface area is 194 Å². The number of para-hydroxylation sites is 1. The zero-order chi connectivity index (χ0) is 22.7. The predicted octanol–water partition coefficient (Wildman–Crippen LogP) is 4.60. The van der Waals surface area contributed by atoms with Gasteiger partial charge in [-0.1, -0.05) is 48.0 Å². The Bertz CT molecular complexity index is 1330. The molecule has 2 aromatic carbocycles. The van der Waals surface area contributed by atoms with Crippen molar-refractivity contribution in [3.05, 3.63) is 97.2 Å². The third-order valence-corrected chi connectivity index (χ3v) is 6.06. The van der Waals surface area contributed by atoms with Crippen LogP contribution < -0.4 is 10.7 Å². The number of nitrogens with one attached hydrogen (secondary N) is 1.